The average molecular weight is 605 g/mol. The van der Waals surface area contributed by atoms with Crippen molar-refractivity contribution >= 4 is 18.1 Å². The normalized spacial score (nSPS) is 20.8. The molecule has 1 aliphatic heterocycles. The smallest absolute Gasteiger partial charge is 0.416 e. The molecule has 12 heteroatoms. The molecular weight excluding hydrogens is 569 g/mol. The topological polar surface area (TPSA) is 125 Å². The second kappa shape index (κ2) is 13.6. The lowest BCUT2D eigenvalue weighted by Crippen LogP contribution is -2.56. The minimum atomic E-state index is -4.57. The van der Waals surface area contributed by atoms with Gasteiger partial charge in [-0.3, -0.25) is 14.4 Å². The van der Waals surface area contributed by atoms with Gasteiger partial charge in [-0.15, -0.1) is 0 Å². The van der Waals surface area contributed by atoms with Crippen LogP contribution in [0.15, 0.2) is 48.0 Å². The fourth-order valence-corrected chi connectivity index (χ4v) is 5.62. The van der Waals surface area contributed by atoms with Gasteiger partial charge in [-0.1, -0.05) is 26.2 Å². The van der Waals surface area contributed by atoms with E-state index in [1.165, 1.54) is 24.2 Å². The molecule has 43 heavy (non-hydrogen) atoms. The molecule has 2 aliphatic rings. The van der Waals surface area contributed by atoms with Crippen molar-refractivity contribution in [2.45, 2.75) is 63.0 Å². The van der Waals surface area contributed by atoms with Gasteiger partial charge in [0.2, 0.25) is 5.91 Å². The van der Waals surface area contributed by atoms with Crippen LogP contribution in [0, 0.1) is 0 Å². The fourth-order valence-electron chi connectivity index (χ4n) is 5.62. The Balaban J connectivity index is 1.79. The number of aldehydes is 1. The molecule has 0 spiro atoms. The monoisotopic (exact) mass is 604 g/mol. The molecule has 0 aromatic heterocycles. The Labute approximate surface area is 247 Å². The van der Waals surface area contributed by atoms with Crippen LogP contribution < -0.4 is 14.8 Å². The molecule has 0 unspecified atom stereocenters. The Morgan fingerprint density at radius 3 is 2.47 bits per heavy atom. The molecule has 4 rings (SSSR count). The number of amides is 2. The number of fused-ring (bicyclic) bond motifs is 3. The van der Waals surface area contributed by atoms with E-state index in [2.05, 4.69) is 5.32 Å². The van der Waals surface area contributed by atoms with Crippen LogP contribution in [-0.2, 0) is 11.0 Å². The molecule has 2 aromatic carbocycles. The van der Waals surface area contributed by atoms with Crippen LogP contribution in [0.3, 0.4) is 0 Å². The number of carbonyl (C=O) groups is 3. The first-order valence-corrected chi connectivity index (χ1v) is 14.2. The van der Waals surface area contributed by atoms with Crippen LogP contribution >= 0.6 is 0 Å². The van der Waals surface area contributed by atoms with Gasteiger partial charge in [0.05, 0.1) is 31.2 Å². The van der Waals surface area contributed by atoms with Crippen molar-refractivity contribution in [3.63, 3.8) is 0 Å². The lowest BCUT2D eigenvalue weighted by molar-refractivity contribution is -0.137. The van der Waals surface area contributed by atoms with Crippen LogP contribution in [0.4, 0.5) is 13.2 Å². The van der Waals surface area contributed by atoms with Crippen LogP contribution in [0.5, 0.6) is 11.5 Å². The summed E-state index contributed by atoms with van der Waals surface area (Å²) < 4.78 is 51.1. The molecule has 0 saturated heterocycles. The minimum absolute atomic E-state index is 0.00887. The molecular formula is C31H35F3N2O7. The van der Waals surface area contributed by atoms with Crippen molar-refractivity contribution in [2.24, 2.45) is 0 Å². The number of halogens is 3. The minimum Gasteiger partial charge on any atom is -0.493 e. The Hall–Kier alpha value is -3.90. The second-order valence-electron chi connectivity index (χ2n) is 10.5. The number of ether oxygens (including phenoxy) is 2. The SMILES string of the molecule is CCCCCCN(C(=O)c1ccc(C(F)(F)F)cc1)[C@@H]1C=C(C(=O)NCCO)[C@@H]2c3cc(C=O)cc(OC)c3O[C@@H]2[C@H]1O. The lowest BCUT2D eigenvalue weighted by atomic mass is 9.77. The summed E-state index contributed by atoms with van der Waals surface area (Å²) in [6.07, 6.45) is -1.77. The summed E-state index contributed by atoms with van der Waals surface area (Å²) in [7, 11) is 1.39. The highest BCUT2D eigenvalue weighted by atomic mass is 19.4. The molecule has 2 amide bonds. The summed E-state index contributed by atoms with van der Waals surface area (Å²) >= 11 is 0. The van der Waals surface area contributed by atoms with Crippen molar-refractivity contribution in [1.82, 2.24) is 10.2 Å². The van der Waals surface area contributed by atoms with E-state index in [1.54, 1.807) is 6.07 Å². The van der Waals surface area contributed by atoms with E-state index in [9.17, 15) is 37.8 Å². The zero-order valence-corrected chi connectivity index (χ0v) is 23.9. The maximum Gasteiger partial charge on any atom is 0.416 e. The number of aliphatic hydroxyl groups excluding tert-OH is 2. The third kappa shape index (κ3) is 6.70. The van der Waals surface area contributed by atoms with Crippen LogP contribution in [-0.4, -0.2) is 78.3 Å². The Morgan fingerprint density at radius 2 is 1.86 bits per heavy atom. The molecule has 1 aliphatic carbocycles. The van der Waals surface area contributed by atoms with Gasteiger partial charge >= 0.3 is 6.18 Å². The number of rotatable bonds is 12. The standard InChI is InChI=1S/C31H35F3N2O7/c1-3-4-5-6-12-36(30(41)19-7-9-20(10-8-19)31(32,33)34)23-16-22(29(40)35-11-13-37)25-21-14-18(17-38)15-24(42-2)27(21)43-28(25)26(23)39/h7-10,14-17,23,25-26,28,37,39H,3-6,11-13H2,1-2H3,(H,35,40)/t23-,25+,26+,28+/m1/s1. The number of nitrogens with zero attached hydrogens (tertiary/aromatic N) is 1. The van der Waals surface area contributed by atoms with E-state index < -0.39 is 47.7 Å². The second-order valence-corrected chi connectivity index (χ2v) is 10.5. The number of benzene rings is 2. The number of methoxy groups -OCH3 is 1. The number of nitrogens with one attached hydrogen (secondary N) is 1. The van der Waals surface area contributed by atoms with E-state index in [0.29, 0.717) is 18.3 Å². The van der Waals surface area contributed by atoms with Crippen molar-refractivity contribution in [3.05, 3.63) is 70.3 Å². The zero-order valence-electron chi connectivity index (χ0n) is 23.9. The molecule has 1 heterocycles. The summed E-state index contributed by atoms with van der Waals surface area (Å²) in [5.41, 5.74) is -0.0519. The molecule has 232 valence electrons. The largest absolute Gasteiger partial charge is 0.493 e. The van der Waals surface area contributed by atoms with Gasteiger partial charge in [0.25, 0.3) is 5.91 Å². The molecule has 0 bridgehead atoms. The van der Waals surface area contributed by atoms with Gasteiger partial charge in [0, 0.05) is 35.4 Å². The van der Waals surface area contributed by atoms with Gasteiger partial charge in [-0.05, 0) is 48.9 Å². The van der Waals surface area contributed by atoms with Crippen LogP contribution in [0.25, 0.3) is 0 Å². The number of alkyl halides is 3. The van der Waals surface area contributed by atoms with E-state index in [1.807, 2.05) is 6.92 Å². The first kappa shape index (κ1) is 32.0. The molecule has 0 fully saturated rings. The summed E-state index contributed by atoms with van der Waals surface area (Å²) in [6.45, 7) is 1.80. The number of aliphatic hydroxyl groups is 2. The van der Waals surface area contributed by atoms with Crippen molar-refractivity contribution in [1.29, 1.82) is 0 Å². The predicted octanol–water partition coefficient (Wildman–Crippen LogP) is 3.87. The summed E-state index contributed by atoms with van der Waals surface area (Å²) in [5, 5.41) is 23.6. The predicted molar refractivity (Wildman–Crippen MR) is 150 cm³/mol. The molecule has 0 radical (unpaired) electrons. The summed E-state index contributed by atoms with van der Waals surface area (Å²) in [4.78, 5) is 40.3. The highest BCUT2D eigenvalue weighted by molar-refractivity contribution is 5.98. The molecule has 9 nitrogen and oxygen atoms in total. The number of hydrogen-bond acceptors (Lipinski definition) is 7. The van der Waals surface area contributed by atoms with Gasteiger partial charge in [-0.25, -0.2) is 0 Å². The van der Waals surface area contributed by atoms with Gasteiger partial charge < -0.3 is 29.9 Å². The quantitative estimate of drug-likeness (QED) is 0.248. The fraction of sp³-hybridized carbons (Fsp3) is 0.452. The third-order valence-corrected chi connectivity index (χ3v) is 7.74. The molecule has 4 atom stereocenters. The zero-order chi connectivity index (χ0) is 31.3. The molecule has 0 saturated carbocycles. The summed E-state index contributed by atoms with van der Waals surface area (Å²) in [5.74, 6) is -1.55. The first-order valence-electron chi connectivity index (χ1n) is 14.2. The summed E-state index contributed by atoms with van der Waals surface area (Å²) in [6, 6.07) is 5.77. The average Bonchev–Trinajstić information content (AvgIpc) is 3.39. The van der Waals surface area contributed by atoms with E-state index in [4.69, 9.17) is 9.47 Å². The maximum atomic E-state index is 13.8. The number of carbonyl (C=O) groups excluding carboxylic acids is 3. The van der Waals surface area contributed by atoms with Crippen molar-refractivity contribution in [2.75, 3.05) is 26.8 Å². The van der Waals surface area contributed by atoms with Crippen molar-refractivity contribution in [3.8, 4) is 11.5 Å². The number of unbranched alkanes of at least 4 members (excludes halogenated alkanes) is 3. The molecule has 3 N–H and O–H groups in total. The van der Waals surface area contributed by atoms with Gasteiger partial charge in [0.1, 0.15) is 18.5 Å². The third-order valence-electron chi connectivity index (χ3n) is 7.74. The highest BCUT2D eigenvalue weighted by Gasteiger charge is 2.51. The lowest BCUT2D eigenvalue weighted by Gasteiger charge is -2.40. The van der Waals surface area contributed by atoms with Gasteiger partial charge in [-0.2, -0.15) is 13.2 Å². The van der Waals surface area contributed by atoms with Crippen LogP contribution in [0.2, 0.25) is 0 Å². The first-order chi connectivity index (χ1) is 20.5. The Bertz CT molecular complexity index is 1360. The van der Waals surface area contributed by atoms with Gasteiger partial charge in [0.15, 0.2) is 11.5 Å². The highest BCUT2D eigenvalue weighted by Crippen LogP contribution is 2.51. The van der Waals surface area contributed by atoms with E-state index in [-0.39, 0.29) is 47.9 Å². The van der Waals surface area contributed by atoms with E-state index >= 15 is 0 Å². The Kier molecular flexibility index (Phi) is 10.1. The van der Waals surface area contributed by atoms with E-state index in [0.717, 1.165) is 43.5 Å². The van der Waals surface area contributed by atoms with Crippen molar-refractivity contribution < 1.29 is 47.2 Å². The number of hydrogen-bond donors (Lipinski definition) is 3. The maximum absolute atomic E-state index is 13.8. The molecule has 2 aromatic rings. The Morgan fingerprint density at radius 1 is 1.14 bits per heavy atom. The van der Waals surface area contributed by atoms with Crippen LogP contribution in [0.1, 0.15) is 70.4 Å².